The number of fused-ring (bicyclic) bond motifs is 1. The summed E-state index contributed by atoms with van der Waals surface area (Å²) in [6.45, 7) is 3.73. The molecule has 1 aliphatic heterocycles. The summed E-state index contributed by atoms with van der Waals surface area (Å²) in [6, 6.07) is 13.2. The highest BCUT2D eigenvalue weighted by atomic mass is 19.1. The van der Waals surface area contributed by atoms with Gasteiger partial charge in [0.05, 0.1) is 19.4 Å². The average Bonchev–Trinajstić information content (AvgIpc) is 3.15. The fourth-order valence-electron chi connectivity index (χ4n) is 3.77. The van der Waals surface area contributed by atoms with Gasteiger partial charge in [0, 0.05) is 36.0 Å². The molecule has 0 N–H and O–H groups in total. The summed E-state index contributed by atoms with van der Waals surface area (Å²) in [6.07, 6.45) is 3.04. The van der Waals surface area contributed by atoms with Crippen LogP contribution in [-0.2, 0) is 0 Å². The van der Waals surface area contributed by atoms with Crippen LogP contribution >= 0.6 is 0 Å². The van der Waals surface area contributed by atoms with Crippen LogP contribution in [-0.4, -0.2) is 43.4 Å². The lowest BCUT2D eigenvalue weighted by Crippen LogP contribution is -2.34. The van der Waals surface area contributed by atoms with Crippen LogP contribution < -0.4 is 9.47 Å². The van der Waals surface area contributed by atoms with Gasteiger partial charge in [-0.3, -0.25) is 0 Å². The first-order valence-corrected chi connectivity index (χ1v) is 9.68. The Labute approximate surface area is 164 Å². The summed E-state index contributed by atoms with van der Waals surface area (Å²) in [7, 11) is 1.62. The lowest BCUT2D eigenvalue weighted by molar-refractivity contribution is 0.190. The molecule has 28 heavy (non-hydrogen) atoms. The van der Waals surface area contributed by atoms with Gasteiger partial charge >= 0.3 is 0 Å². The molecule has 1 radical (unpaired) electrons. The van der Waals surface area contributed by atoms with E-state index in [0.29, 0.717) is 23.9 Å². The van der Waals surface area contributed by atoms with Gasteiger partial charge in [0.15, 0.2) is 5.58 Å². The number of hydrogen-bond donors (Lipinski definition) is 0. The zero-order valence-corrected chi connectivity index (χ0v) is 16.0. The van der Waals surface area contributed by atoms with Gasteiger partial charge in [0.2, 0.25) is 0 Å². The predicted octanol–water partition coefficient (Wildman–Crippen LogP) is 4.42. The van der Waals surface area contributed by atoms with Crippen LogP contribution in [0.3, 0.4) is 0 Å². The topological polar surface area (TPSA) is 47.7 Å². The van der Waals surface area contributed by atoms with Crippen molar-refractivity contribution in [2.45, 2.75) is 25.2 Å². The molecule has 1 aromatic heterocycles. The Morgan fingerprint density at radius 1 is 1.25 bits per heavy atom. The number of likely N-dealkylation sites (tertiary alicyclic amines) is 1. The minimum absolute atomic E-state index is 0.292. The van der Waals surface area contributed by atoms with Gasteiger partial charge in [-0.05, 0) is 56.6 Å². The van der Waals surface area contributed by atoms with E-state index in [1.807, 2.05) is 12.1 Å². The first-order chi connectivity index (χ1) is 13.7. The number of rotatable bonds is 7. The SMILES string of the molecule is COc1[c]ccc(OCCCN2CCC(c3noc4cc(F)ccc34)CC2)c1. The number of hydrogen-bond acceptors (Lipinski definition) is 5. The molecular formula is C22H24FN2O3. The van der Waals surface area contributed by atoms with Crippen molar-refractivity contribution in [1.82, 2.24) is 10.1 Å². The number of nitrogens with zero attached hydrogens (tertiary/aromatic N) is 2. The van der Waals surface area contributed by atoms with Crippen molar-refractivity contribution in [1.29, 1.82) is 0 Å². The molecule has 3 aromatic rings. The summed E-state index contributed by atoms with van der Waals surface area (Å²) in [5.74, 6) is 1.57. The minimum atomic E-state index is -0.292. The van der Waals surface area contributed by atoms with Crippen LogP contribution in [0, 0.1) is 11.9 Å². The number of benzene rings is 2. The summed E-state index contributed by atoms with van der Waals surface area (Å²) in [5, 5.41) is 5.15. The second-order valence-electron chi connectivity index (χ2n) is 7.12. The Kier molecular flexibility index (Phi) is 5.76. The van der Waals surface area contributed by atoms with Crippen molar-refractivity contribution in [2.75, 3.05) is 33.4 Å². The van der Waals surface area contributed by atoms with Gasteiger partial charge < -0.3 is 18.9 Å². The largest absolute Gasteiger partial charge is 0.496 e. The lowest BCUT2D eigenvalue weighted by Gasteiger charge is -2.31. The maximum atomic E-state index is 13.3. The van der Waals surface area contributed by atoms with E-state index >= 15 is 0 Å². The molecule has 0 aliphatic carbocycles. The lowest BCUT2D eigenvalue weighted by atomic mass is 9.91. The zero-order chi connectivity index (χ0) is 19.3. The Morgan fingerprint density at radius 2 is 2.11 bits per heavy atom. The molecule has 4 rings (SSSR count). The molecule has 1 fully saturated rings. The van der Waals surface area contributed by atoms with Crippen LogP contribution in [0.1, 0.15) is 30.9 Å². The third kappa shape index (κ3) is 4.28. The second-order valence-corrected chi connectivity index (χ2v) is 7.12. The molecule has 5 nitrogen and oxygen atoms in total. The van der Waals surface area contributed by atoms with Crippen LogP contribution in [0.4, 0.5) is 4.39 Å². The fraction of sp³-hybridized carbons (Fsp3) is 0.409. The van der Waals surface area contributed by atoms with Crippen LogP contribution in [0.2, 0.25) is 0 Å². The van der Waals surface area contributed by atoms with E-state index in [1.54, 1.807) is 19.2 Å². The average molecular weight is 383 g/mol. The monoisotopic (exact) mass is 383 g/mol. The Balaban J connectivity index is 1.23. The maximum Gasteiger partial charge on any atom is 0.170 e. The number of halogens is 1. The third-order valence-corrected chi connectivity index (χ3v) is 5.29. The van der Waals surface area contributed by atoms with E-state index in [-0.39, 0.29) is 5.82 Å². The molecule has 0 amide bonds. The summed E-state index contributed by atoms with van der Waals surface area (Å²) >= 11 is 0. The molecule has 2 heterocycles. The Morgan fingerprint density at radius 3 is 2.93 bits per heavy atom. The van der Waals surface area contributed by atoms with Gasteiger partial charge in [-0.15, -0.1) is 0 Å². The first kappa shape index (κ1) is 18.7. The van der Waals surface area contributed by atoms with E-state index in [0.717, 1.165) is 55.7 Å². The Bertz CT molecular complexity index is 919. The van der Waals surface area contributed by atoms with E-state index in [1.165, 1.54) is 12.1 Å². The van der Waals surface area contributed by atoms with Crippen molar-refractivity contribution in [2.24, 2.45) is 0 Å². The number of ether oxygens (including phenoxy) is 2. The normalized spacial score (nSPS) is 15.8. The molecule has 0 saturated carbocycles. The van der Waals surface area contributed by atoms with Gasteiger partial charge in [-0.2, -0.15) is 0 Å². The Hall–Kier alpha value is -2.60. The fourth-order valence-corrected chi connectivity index (χ4v) is 3.77. The maximum absolute atomic E-state index is 13.3. The smallest absolute Gasteiger partial charge is 0.170 e. The van der Waals surface area contributed by atoms with Crippen molar-refractivity contribution < 1.29 is 18.4 Å². The van der Waals surface area contributed by atoms with E-state index < -0.39 is 0 Å². The van der Waals surface area contributed by atoms with Gasteiger partial charge in [0.25, 0.3) is 0 Å². The summed E-state index contributed by atoms with van der Waals surface area (Å²) in [4.78, 5) is 2.46. The quantitative estimate of drug-likeness (QED) is 0.565. The second kappa shape index (κ2) is 8.61. The molecule has 2 aromatic carbocycles. The van der Waals surface area contributed by atoms with Crippen LogP contribution in [0.15, 0.2) is 40.9 Å². The summed E-state index contributed by atoms with van der Waals surface area (Å²) < 4.78 is 29.6. The molecule has 147 valence electrons. The van der Waals surface area contributed by atoms with Crippen LogP contribution in [0.5, 0.6) is 11.5 Å². The van der Waals surface area contributed by atoms with Crippen molar-refractivity contribution in [3.8, 4) is 11.5 Å². The van der Waals surface area contributed by atoms with Crippen molar-refractivity contribution in [3.05, 3.63) is 54.0 Å². The van der Waals surface area contributed by atoms with E-state index in [4.69, 9.17) is 14.0 Å². The van der Waals surface area contributed by atoms with Crippen molar-refractivity contribution >= 4 is 11.0 Å². The predicted molar refractivity (Wildman–Crippen MR) is 104 cm³/mol. The molecule has 1 aliphatic rings. The summed E-state index contributed by atoms with van der Waals surface area (Å²) in [5.41, 5.74) is 1.50. The first-order valence-electron chi connectivity index (χ1n) is 9.68. The molecule has 0 atom stereocenters. The molecule has 0 unspecified atom stereocenters. The standard InChI is InChI=1S/C22H24FN2O3/c1-26-18-4-2-5-19(15-18)27-13-3-10-25-11-8-16(9-12-25)22-20-7-6-17(23)14-21(20)28-24-22/h2,5-7,14-16H,3,8-13H2,1H3. The highest BCUT2D eigenvalue weighted by Gasteiger charge is 2.24. The molecule has 6 heteroatoms. The van der Waals surface area contributed by atoms with Gasteiger partial charge in [-0.25, -0.2) is 4.39 Å². The van der Waals surface area contributed by atoms with Gasteiger partial charge in [0.1, 0.15) is 17.3 Å². The third-order valence-electron chi connectivity index (χ3n) is 5.29. The van der Waals surface area contributed by atoms with Crippen LogP contribution in [0.25, 0.3) is 11.0 Å². The molecule has 1 saturated heterocycles. The molecule has 0 bridgehead atoms. The van der Waals surface area contributed by atoms with Gasteiger partial charge in [-0.1, -0.05) is 5.16 Å². The number of methoxy groups -OCH3 is 1. The number of aromatic nitrogens is 1. The number of piperidine rings is 1. The minimum Gasteiger partial charge on any atom is -0.496 e. The van der Waals surface area contributed by atoms with Crippen molar-refractivity contribution in [3.63, 3.8) is 0 Å². The highest BCUT2D eigenvalue weighted by Crippen LogP contribution is 2.32. The molecular weight excluding hydrogens is 359 g/mol. The molecule has 0 spiro atoms. The highest BCUT2D eigenvalue weighted by molar-refractivity contribution is 5.79. The van der Waals surface area contributed by atoms with E-state index in [2.05, 4.69) is 16.1 Å². The van der Waals surface area contributed by atoms with E-state index in [9.17, 15) is 4.39 Å². The zero-order valence-electron chi connectivity index (χ0n) is 16.0.